The van der Waals surface area contributed by atoms with Gasteiger partial charge in [-0.3, -0.25) is 9.59 Å². The molecular weight excluding hydrogens is 640 g/mol. The first-order chi connectivity index (χ1) is 22.7. The molecule has 2 rings (SSSR count). The average molecular weight is 707 g/mol. The van der Waals surface area contributed by atoms with Crippen LogP contribution >= 0.6 is 23.4 Å². The summed E-state index contributed by atoms with van der Waals surface area (Å²) in [7, 11) is 1.71. The van der Waals surface area contributed by atoms with Crippen molar-refractivity contribution in [3.63, 3.8) is 0 Å². The molecule has 1 amide bonds. The second kappa shape index (κ2) is 25.3. The van der Waals surface area contributed by atoms with Gasteiger partial charge in [0.15, 0.2) is 6.10 Å². The first kappa shape index (κ1) is 42.5. The number of carbonyl (C=O) groups excluding carboxylic acids is 2. The lowest BCUT2D eigenvalue weighted by Crippen LogP contribution is -2.65. The number of rotatable bonds is 24. The van der Waals surface area contributed by atoms with Crippen LogP contribution in [-0.2, 0) is 23.8 Å². The molecule has 2 aliphatic rings. The molecule has 0 aliphatic carbocycles. The molecule has 9 atom stereocenters. The van der Waals surface area contributed by atoms with Crippen molar-refractivity contribution in [3.05, 3.63) is 0 Å². The molecule has 4 N–H and O–H groups in total. The number of alkyl halides is 1. The van der Waals surface area contributed by atoms with Crippen molar-refractivity contribution < 1.29 is 34.0 Å². The van der Waals surface area contributed by atoms with Crippen molar-refractivity contribution >= 4 is 35.2 Å². The Morgan fingerprint density at radius 2 is 1.55 bits per heavy atom. The highest BCUT2D eigenvalue weighted by Gasteiger charge is 2.50. The lowest BCUT2D eigenvalue weighted by atomic mass is 9.92. The van der Waals surface area contributed by atoms with Gasteiger partial charge in [-0.25, -0.2) is 0 Å². The smallest absolute Gasteiger partial charge is 0.306 e. The Kier molecular flexibility index (Phi) is 22.9. The number of thioether (sulfide) groups is 1. The van der Waals surface area contributed by atoms with Crippen molar-refractivity contribution in [2.75, 3.05) is 26.5 Å². The van der Waals surface area contributed by atoms with E-state index < -0.39 is 47.2 Å². The first-order valence-corrected chi connectivity index (χ1v) is 20.4. The van der Waals surface area contributed by atoms with E-state index >= 15 is 0 Å². The summed E-state index contributed by atoms with van der Waals surface area (Å²) in [6.45, 7) is 5.48. The molecule has 0 spiro atoms. The average Bonchev–Trinajstić information content (AvgIpc) is 3.30. The van der Waals surface area contributed by atoms with Gasteiger partial charge < -0.3 is 35.1 Å². The molecule has 0 aromatic rings. The Morgan fingerprint density at radius 1 is 0.936 bits per heavy atom. The third kappa shape index (κ3) is 16.3. The van der Waals surface area contributed by atoms with Crippen LogP contribution in [0.25, 0.3) is 0 Å². The predicted octanol–water partition coefficient (Wildman–Crippen LogP) is 6.49. The van der Waals surface area contributed by atoms with Gasteiger partial charge in [-0.1, -0.05) is 84.0 Å². The summed E-state index contributed by atoms with van der Waals surface area (Å²) in [4.78, 5) is 26.1. The molecule has 2 heterocycles. The summed E-state index contributed by atoms with van der Waals surface area (Å²) in [5.74, 6) is -0.0540. The number of aliphatic hydroxyl groups excluding tert-OH is 2. The second-order valence-electron chi connectivity index (χ2n) is 13.7. The molecule has 2 aliphatic heterocycles. The van der Waals surface area contributed by atoms with Gasteiger partial charge in [0.05, 0.1) is 17.5 Å². The molecule has 47 heavy (non-hydrogen) atoms. The number of esters is 1. The molecule has 9 nitrogen and oxygen atoms in total. The van der Waals surface area contributed by atoms with Gasteiger partial charge in [-0.15, -0.1) is 23.4 Å². The first-order valence-electron chi connectivity index (χ1n) is 18.6. The fourth-order valence-electron chi connectivity index (χ4n) is 6.83. The minimum absolute atomic E-state index is 0.197. The van der Waals surface area contributed by atoms with Crippen molar-refractivity contribution in [1.82, 2.24) is 10.6 Å². The van der Waals surface area contributed by atoms with Crippen LogP contribution < -0.4 is 10.6 Å². The van der Waals surface area contributed by atoms with Crippen LogP contribution in [0.4, 0.5) is 0 Å². The zero-order valence-corrected chi connectivity index (χ0v) is 31.3. The largest absolute Gasteiger partial charge is 0.456 e. The van der Waals surface area contributed by atoms with E-state index in [-0.39, 0.29) is 18.4 Å². The Balaban J connectivity index is 1.76. The second-order valence-corrected chi connectivity index (χ2v) is 15.3. The van der Waals surface area contributed by atoms with Crippen LogP contribution in [0.15, 0.2) is 0 Å². The number of hydrogen-bond acceptors (Lipinski definition) is 9. The molecule has 0 unspecified atom stereocenters. The highest BCUT2D eigenvalue weighted by Crippen LogP contribution is 2.33. The molecule has 0 aromatic carbocycles. The molecular formula is C36H67ClN2O7S. The van der Waals surface area contributed by atoms with E-state index in [1.54, 1.807) is 20.3 Å². The lowest BCUT2D eigenvalue weighted by Gasteiger charge is -2.45. The van der Waals surface area contributed by atoms with Crippen molar-refractivity contribution in [2.24, 2.45) is 5.92 Å². The molecule has 2 fully saturated rings. The molecule has 0 saturated carbocycles. The van der Waals surface area contributed by atoms with Crippen LogP contribution in [0.1, 0.15) is 136 Å². The molecule has 2 saturated heterocycles. The molecule has 0 radical (unpaired) electrons. The normalized spacial score (nSPS) is 27.9. The van der Waals surface area contributed by atoms with Crippen molar-refractivity contribution in [3.8, 4) is 0 Å². The maximum Gasteiger partial charge on any atom is 0.306 e. The van der Waals surface area contributed by atoms with Crippen LogP contribution in [0.2, 0.25) is 0 Å². The van der Waals surface area contributed by atoms with E-state index in [0.717, 1.165) is 58.1 Å². The van der Waals surface area contributed by atoms with E-state index in [1.165, 1.54) is 76.0 Å². The van der Waals surface area contributed by atoms with Crippen molar-refractivity contribution in [1.29, 1.82) is 0 Å². The highest BCUT2D eigenvalue weighted by molar-refractivity contribution is 7.99. The van der Waals surface area contributed by atoms with Gasteiger partial charge in [-0.05, 0) is 64.2 Å². The third-order valence-corrected chi connectivity index (χ3v) is 10.9. The third-order valence-electron chi connectivity index (χ3n) is 9.81. The number of hydrogen-bond donors (Lipinski definition) is 4. The van der Waals surface area contributed by atoms with Gasteiger partial charge in [0.25, 0.3) is 0 Å². The van der Waals surface area contributed by atoms with E-state index in [2.05, 4.69) is 17.6 Å². The minimum Gasteiger partial charge on any atom is -0.456 e. The number of halogens is 1. The maximum atomic E-state index is 13.4. The monoisotopic (exact) mass is 706 g/mol. The molecule has 0 bridgehead atoms. The Hall–Kier alpha value is -0.620. The van der Waals surface area contributed by atoms with E-state index in [4.69, 9.17) is 25.8 Å². The summed E-state index contributed by atoms with van der Waals surface area (Å²) in [6.07, 6.45) is 18.0. The Labute approximate surface area is 294 Å². The van der Waals surface area contributed by atoms with E-state index in [9.17, 15) is 19.8 Å². The summed E-state index contributed by atoms with van der Waals surface area (Å²) in [5.41, 5.74) is -0.715. The Bertz CT molecular complexity index is 839. The number of amides is 1. The number of aliphatic hydroxyl groups is 2. The Morgan fingerprint density at radius 3 is 2.13 bits per heavy atom. The van der Waals surface area contributed by atoms with E-state index in [0.29, 0.717) is 12.3 Å². The zero-order chi connectivity index (χ0) is 34.4. The summed E-state index contributed by atoms with van der Waals surface area (Å²) < 4.78 is 17.1. The van der Waals surface area contributed by atoms with Crippen LogP contribution in [-0.4, -0.2) is 95.9 Å². The van der Waals surface area contributed by atoms with Crippen LogP contribution in [0.3, 0.4) is 0 Å². The van der Waals surface area contributed by atoms with Gasteiger partial charge >= 0.3 is 5.97 Å². The summed E-state index contributed by atoms with van der Waals surface area (Å²) >= 11 is 7.84. The highest BCUT2D eigenvalue weighted by atomic mass is 35.5. The van der Waals surface area contributed by atoms with Gasteiger partial charge in [0.1, 0.15) is 23.7 Å². The minimum atomic E-state index is -1.40. The standard InChI is InChI=1S/C36H67ClN2O7S/c1-5-6-7-8-9-10-11-12-13-14-15-16-17-20-29(40)45-34-32(42)31(41)33(46-36(34)47-4)30(26(2)37)39-35(43)28-22-21-27(23-24-38-28)19-18-25-44-3/h26-28,30-34,36,38,41-42H,5-25H2,1-4H3,(H,39,43)/t26-,27-,28-,30+,31+,32-,33+,34+,36+/m0/s1. The number of nitrogens with one attached hydrogen (secondary N) is 2. The number of carbonyl (C=O) groups is 2. The van der Waals surface area contributed by atoms with Crippen LogP contribution in [0.5, 0.6) is 0 Å². The lowest BCUT2D eigenvalue weighted by molar-refractivity contribution is -0.218. The molecule has 276 valence electrons. The number of methoxy groups -OCH3 is 1. The fourth-order valence-corrected chi connectivity index (χ4v) is 7.77. The topological polar surface area (TPSA) is 126 Å². The zero-order valence-electron chi connectivity index (χ0n) is 29.8. The van der Waals surface area contributed by atoms with Crippen molar-refractivity contribution in [2.45, 2.75) is 183 Å². The quantitative estimate of drug-likeness (QED) is 0.0507. The van der Waals surface area contributed by atoms with Gasteiger partial charge in [-0.2, -0.15) is 0 Å². The number of unbranched alkanes of at least 4 members (excludes halogenated alkanes) is 12. The van der Waals surface area contributed by atoms with Gasteiger partial charge in [0, 0.05) is 20.1 Å². The number of ether oxygens (including phenoxy) is 3. The van der Waals surface area contributed by atoms with Crippen LogP contribution in [0, 0.1) is 5.92 Å². The maximum absolute atomic E-state index is 13.4. The molecule has 11 heteroatoms. The predicted molar refractivity (Wildman–Crippen MR) is 192 cm³/mol. The van der Waals surface area contributed by atoms with Gasteiger partial charge in [0.2, 0.25) is 5.91 Å². The van der Waals surface area contributed by atoms with E-state index in [1.807, 2.05) is 0 Å². The SMILES string of the molecule is CCCCCCCCCCCCCCCC(=O)O[C@@H]1[C@@H](O)[C@@H](O)[C@@H]([C@H](NC(=O)[C@@H]2CC[C@H](CCCOC)CCN2)[C@H](C)Cl)O[C@@H]1SC. The summed E-state index contributed by atoms with van der Waals surface area (Å²) in [5, 5.41) is 28.0. The summed E-state index contributed by atoms with van der Waals surface area (Å²) in [6, 6.07) is -1.13. The fraction of sp³-hybridized carbons (Fsp3) is 0.944. The molecule has 0 aromatic heterocycles.